The zero-order chi connectivity index (χ0) is 11.5. The molecule has 0 aliphatic heterocycles. The molecule has 0 fully saturated rings. The lowest BCUT2D eigenvalue weighted by Crippen LogP contribution is -1.91. The molecule has 0 saturated carbocycles. The highest BCUT2D eigenvalue weighted by molar-refractivity contribution is 6.30. The van der Waals surface area contributed by atoms with Crippen molar-refractivity contribution in [1.29, 1.82) is 0 Å². The highest BCUT2D eigenvalue weighted by Crippen LogP contribution is 2.28. The molecule has 0 spiro atoms. The second kappa shape index (κ2) is 4.41. The first-order valence-corrected chi connectivity index (χ1v) is 5.02. The molecule has 4 heteroatoms. The first kappa shape index (κ1) is 10.8. The Bertz CT molecular complexity index is 516. The second-order valence-corrected chi connectivity index (χ2v) is 3.62. The van der Waals surface area contributed by atoms with E-state index in [-0.39, 0.29) is 5.02 Å². The Hall–Kier alpha value is -1.74. The molecule has 0 unspecified atom stereocenters. The summed E-state index contributed by atoms with van der Waals surface area (Å²) >= 11 is 5.56. The number of hydrogen-bond donors (Lipinski definition) is 1. The summed E-state index contributed by atoms with van der Waals surface area (Å²) < 4.78 is 18.6. The van der Waals surface area contributed by atoms with Gasteiger partial charge in [-0.25, -0.2) is 4.39 Å². The van der Waals surface area contributed by atoms with Gasteiger partial charge in [0.15, 0.2) is 0 Å². The molecule has 0 radical (unpaired) electrons. The number of nitrogen functional groups attached to an aromatic ring is 1. The van der Waals surface area contributed by atoms with Crippen LogP contribution in [-0.2, 0) is 0 Å². The Kier molecular flexibility index (Phi) is 2.97. The summed E-state index contributed by atoms with van der Waals surface area (Å²) in [4.78, 5) is 0. The van der Waals surface area contributed by atoms with E-state index in [1.165, 1.54) is 12.1 Å². The second-order valence-electron chi connectivity index (χ2n) is 3.22. The fourth-order valence-corrected chi connectivity index (χ4v) is 1.36. The molecule has 2 rings (SSSR count). The molecule has 2 aromatic carbocycles. The van der Waals surface area contributed by atoms with Crippen molar-refractivity contribution in [2.75, 3.05) is 5.73 Å². The van der Waals surface area contributed by atoms with Crippen LogP contribution in [-0.4, -0.2) is 0 Å². The largest absolute Gasteiger partial charge is 0.455 e. The third kappa shape index (κ3) is 2.25. The first-order valence-electron chi connectivity index (χ1n) is 4.64. The zero-order valence-corrected chi connectivity index (χ0v) is 9.04. The van der Waals surface area contributed by atoms with Gasteiger partial charge in [-0.1, -0.05) is 23.7 Å². The number of nitrogens with two attached hydrogens (primary N) is 1. The predicted octanol–water partition coefficient (Wildman–Crippen LogP) is 3.85. The quantitative estimate of drug-likeness (QED) is 0.805. The van der Waals surface area contributed by atoms with Gasteiger partial charge < -0.3 is 10.5 Å². The van der Waals surface area contributed by atoms with Crippen LogP contribution in [0.2, 0.25) is 5.02 Å². The van der Waals surface area contributed by atoms with Crippen molar-refractivity contribution in [3.63, 3.8) is 0 Å². The van der Waals surface area contributed by atoms with Gasteiger partial charge in [0.1, 0.15) is 17.3 Å². The number of anilines is 1. The predicted molar refractivity (Wildman–Crippen MR) is 62.3 cm³/mol. The maximum atomic E-state index is 13.1. The molecule has 0 bridgehead atoms. The Labute approximate surface area is 97.4 Å². The average Bonchev–Trinajstić information content (AvgIpc) is 2.27. The number of ether oxygens (including phenoxy) is 1. The van der Waals surface area contributed by atoms with Gasteiger partial charge in [0.05, 0.1) is 10.7 Å². The number of para-hydroxylation sites is 2. The van der Waals surface area contributed by atoms with E-state index in [1.54, 1.807) is 30.3 Å². The molecule has 82 valence electrons. The summed E-state index contributed by atoms with van der Waals surface area (Å²) in [5.74, 6) is 0.331. The summed E-state index contributed by atoms with van der Waals surface area (Å²) in [7, 11) is 0. The highest BCUT2D eigenvalue weighted by atomic mass is 35.5. The van der Waals surface area contributed by atoms with Crippen molar-refractivity contribution in [3.05, 3.63) is 53.3 Å². The van der Waals surface area contributed by atoms with Gasteiger partial charge in [-0.2, -0.15) is 0 Å². The minimum atomic E-state index is -0.520. The molecular formula is C12H9ClFNO. The maximum Gasteiger partial charge on any atom is 0.150 e. The minimum Gasteiger partial charge on any atom is -0.455 e. The Morgan fingerprint density at radius 1 is 1.12 bits per heavy atom. The molecule has 0 aliphatic rings. The highest BCUT2D eigenvalue weighted by Gasteiger charge is 2.04. The molecule has 2 nitrogen and oxygen atoms in total. The van der Waals surface area contributed by atoms with Crippen LogP contribution in [0.15, 0.2) is 42.5 Å². The lowest BCUT2D eigenvalue weighted by molar-refractivity contribution is 0.479. The fourth-order valence-electron chi connectivity index (χ4n) is 1.24. The van der Waals surface area contributed by atoms with Crippen LogP contribution in [0, 0.1) is 5.82 Å². The van der Waals surface area contributed by atoms with Crippen molar-refractivity contribution in [3.8, 4) is 11.5 Å². The molecule has 0 atom stereocenters. The van der Waals surface area contributed by atoms with Crippen molar-refractivity contribution in [1.82, 2.24) is 0 Å². The van der Waals surface area contributed by atoms with Gasteiger partial charge in [0, 0.05) is 6.07 Å². The summed E-state index contributed by atoms with van der Waals surface area (Å²) in [6.45, 7) is 0. The number of hydrogen-bond acceptors (Lipinski definition) is 2. The van der Waals surface area contributed by atoms with E-state index in [4.69, 9.17) is 22.1 Å². The molecule has 0 amide bonds. The minimum absolute atomic E-state index is 0.0633. The zero-order valence-electron chi connectivity index (χ0n) is 8.28. The monoisotopic (exact) mass is 237 g/mol. The van der Waals surface area contributed by atoms with Gasteiger partial charge in [-0.05, 0) is 24.3 Å². The van der Waals surface area contributed by atoms with E-state index >= 15 is 0 Å². The van der Waals surface area contributed by atoms with Gasteiger partial charge >= 0.3 is 0 Å². The molecule has 0 aromatic heterocycles. The van der Waals surface area contributed by atoms with Gasteiger partial charge in [0.2, 0.25) is 0 Å². The SMILES string of the molecule is Nc1ccccc1Oc1ccc(Cl)c(F)c1. The van der Waals surface area contributed by atoms with Gasteiger partial charge in [0.25, 0.3) is 0 Å². The Balaban J connectivity index is 2.28. The van der Waals surface area contributed by atoms with Crippen molar-refractivity contribution in [2.24, 2.45) is 0 Å². The molecule has 0 heterocycles. The average molecular weight is 238 g/mol. The standard InChI is InChI=1S/C12H9ClFNO/c13-9-6-5-8(7-10(9)14)16-12-4-2-1-3-11(12)15/h1-7H,15H2. The van der Waals surface area contributed by atoms with E-state index < -0.39 is 5.82 Å². The van der Waals surface area contributed by atoms with E-state index in [1.807, 2.05) is 0 Å². The lowest BCUT2D eigenvalue weighted by atomic mass is 10.3. The third-order valence-electron chi connectivity index (χ3n) is 2.04. The third-order valence-corrected chi connectivity index (χ3v) is 2.34. The van der Waals surface area contributed by atoms with Crippen LogP contribution in [0.1, 0.15) is 0 Å². The summed E-state index contributed by atoms with van der Waals surface area (Å²) in [6.07, 6.45) is 0. The van der Waals surface area contributed by atoms with Gasteiger partial charge in [-0.15, -0.1) is 0 Å². The smallest absolute Gasteiger partial charge is 0.150 e. The molecule has 2 aromatic rings. The van der Waals surface area contributed by atoms with E-state index in [9.17, 15) is 4.39 Å². The maximum absolute atomic E-state index is 13.1. The summed E-state index contributed by atoms with van der Waals surface area (Å²) in [5.41, 5.74) is 6.19. The Morgan fingerprint density at radius 2 is 1.88 bits per heavy atom. The molecular weight excluding hydrogens is 229 g/mol. The summed E-state index contributed by atoms with van der Waals surface area (Å²) in [5, 5.41) is 0.0633. The van der Waals surface area contributed by atoms with E-state index in [0.717, 1.165) is 0 Å². The van der Waals surface area contributed by atoms with Gasteiger partial charge in [-0.3, -0.25) is 0 Å². The molecule has 2 N–H and O–H groups in total. The van der Waals surface area contributed by atoms with Crippen molar-refractivity contribution >= 4 is 17.3 Å². The van der Waals surface area contributed by atoms with Crippen LogP contribution in [0.4, 0.5) is 10.1 Å². The van der Waals surface area contributed by atoms with Crippen molar-refractivity contribution < 1.29 is 9.13 Å². The van der Waals surface area contributed by atoms with E-state index in [0.29, 0.717) is 17.2 Å². The molecule has 16 heavy (non-hydrogen) atoms. The fraction of sp³-hybridized carbons (Fsp3) is 0. The normalized spacial score (nSPS) is 10.1. The molecule has 0 saturated heterocycles. The number of benzene rings is 2. The summed E-state index contributed by atoms with van der Waals surface area (Å²) in [6, 6.07) is 11.2. The van der Waals surface area contributed by atoms with Crippen LogP contribution in [0.3, 0.4) is 0 Å². The first-order chi connectivity index (χ1) is 7.66. The van der Waals surface area contributed by atoms with E-state index in [2.05, 4.69) is 0 Å². The van der Waals surface area contributed by atoms with Crippen molar-refractivity contribution in [2.45, 2.75) is 0 Å². The van der Waals surface area contributed by atoms with Crippen LogP contribution in [0.5, 0.6) is 11.5 Å². The number of halogens is 2. The van der Waals surface area contributed by atoms with Crippen LogP contribution >= 0.6 is 11.6 Å². The van der Waals surface area contributed by atoms with Crippen LogP contribution < -0.4 is 10.5 Å². The topological polar surface area (TPSA) is 35.2 Å². The number of rotatable bonds is 2. The van der Waals surface area contributed by atoms with Crippen LogP contribution in [0.25, 0.3) is 0 Å². The lowest BCUT2D eigenvalue weighted by Gasteiger charge is -2.08. The Morgan fingerprint density at radius 3 is 2.56 bits per heavy atom. The molecule has 0 aliphatic carbocycles.